The van der Waals surface area contributed by atoms with Crippen LogP contribution in [0.3, 0.4) is 0 Å². The summed E-state index contributed by atoms with van der Waals surface area (Å²) in [7, 11) is 0. The molecule has 5 rings (SSSR count). The molecule has 2 saturated carbocycles. The molecule has 2 bridgehead atoms. The highest BCUT2D eigenvalue weighted by molar-refractivity contribution is 5.51. The predicted molar refractivity (Wildman–Crippen MR) is 93.0 cm³/mol. The summed E-state index contributed by atoms with van der Waals surface area (Å²) in [6.07, 6.45) is 10.7. The van der Waals surface area contributed by atoms with Gasteiger partial charge in [0.1, 0.15) is 5.75 Å². The summed E-state index contributed by atoms with van der Waals surface area (Å²) in [5.41, 5.74) is 4.98. The largest absolute Gasteiger partial charge is 0.508 e. The molecule has 2 heteroatoms. The number of benzene rings is 1. The summed E-state index contributed by atoms with van der Waals surface area (Å²) in [4.78, 5) is 0. The van der Waals surface area contributed by atoms with E-state index < -0.39 is 0 Å². The molecule has 1 aromatic carbocycles. The second kappa shape index (κ2) is 4.99. The summed E-state index contributed by atoms with van der Waals surface area (Å²) in [5, 5.41) is 14.3. The molecule has 4 aliphatic rings. The van der Waals surface area contributed by atoms with Crippen LogP contribution in [-0.4, -0.2) is 17.7 Å². The Kier molecular flexibility index (Phi) is 3.11. The van der Waals surface area contributed by atoms with E-state index in [1.165, 1.54) is 56.9 Å². The van der Waals surface area contributed by atoms with Crippen molar-refractivity contribution in [1.29, 1.82) is 0 Å². The molecule has 1 aromatic rings. The Bertz CT molecular complexity index is 631. The third-order valence-electron chi connectivity index (χ3n) is 7.61. The molecule has 2 nitrogen and oxygen atoms in total. The summed E-state index contributed by atoms with van der Waals surface area (Å²) in [6, 6.07) is 4.92. The number of hydrogen-bond acceptors (Lipinski definition) is 2. The van der Waals surface area contributed by atoms with Gasteiger partial charge in [-0.25, -0.2) is 0 Å². The van der Waals surface area contributed by atoms with E-state index in [2.05, 4.69) is 24.4 Å². The zero-order valence-electron chi connectivity index (χ0n) is 14.3. The van der Waals surface area contributed by atoms with Gasteiger partial charge in [-0.1, -0.05) is 19.8 Å². The van der Waals surface area contributed by atoms with Crippen LogP contribution < -0.4 is 5.32 Å². The van der Waals surface area contributed by atoms with Crippen LogP contribution in [0.2, 0.25) is 0 Å². The molecular formula is C21H29NO. The van der Waals surface area contributed by atoms with Crippen LogP contribution >= 0.6 is 0 Å². The van der Waals surface area contributed by atoms with Crippen LogP contribution in [0.1, 0.15) is 74.5 Å². The second-order valence-electron chi connectivity index (χ2n) is 8.71. The van der Waals surface area contributed by atoms with Crippen molar-refractivity contribution in [1.82, 2.24) is 5.32 Å². The van der Waals surface area contributed by atoms with E-state index in [4.69, 9.17) is 0 Å². The molecule has 1 heterocycles. The standard InChI is InChI=1S/C21H29NO/c1-13(14-5-6-14)16-10-15(23)11-19-17(16)12-20-18-4-2-3-7-21(18,19)8-9-22-20/h10-11,13-14,18,20,22-23H,2-9,12H2,1H3. The Morgan fingerprint density at radius 2 is 2.04 bits per heavy atom. The molecule has 3 fully saturated rings. The van der Waals surface area contributed by atoms with E-state index in [0.717, 1.165) is 18.4 Å². The number of nitrogens with one attached hydrogen (secondary N) is 1. The van der Waals surface area contributed by atoms with Crippen molar-refractivity contribution in [2.45, 2.75) is 75.7 Å². The first kappa shape index (κ1) is 14.3. The van der Waals surface area contributed by atoms with E-state index in [0.29, 0.717) is 23.1 Å². The molecule has 4 unspecified atom stereocenters. The van der Waals surface area contributed by atoms with Crippen LogP contribution in [0, 0.1) is 11.8 Å². The molecule has 3 aliphatic carbocycles. The van der Waals surface area contributed by atoms with Crippen LogP contribution in [0.4, 0.5) is 0 Å². The van der Waals surface area contributed by atoms with Crippen molar-refractivity contribution >= 4 is 0 Å². The SMILES string of the molecule is CC(c1cc(O)cc2c1CC1NCCC23CCCCC13)C1CC1. The summed E-state index contributed by atoms with van der Waals surface area (Å²) in [5.74, 6) is 2.79. The van der Waals surface area contributed by atoms with Crippen molar-refractivity contribution in [2.24, 2.45) is 11.8 Å². The first-order valence-corrected chi connectivity index (χ1v) is 9.79. The number of rotatable bonds is 2. The maximum Gasteiger partial charge on any atom is 0.116 e. The molecular weight excluding hydrogens is 282 g/mol. The molecule has 4 atom stereocenters. The predicted octanol–water partition coefficient (Wildman–Crippen LogP) is 4.25. The topological polar surface area (TPSA) is 32.3 Å². The van der Waals surface area contributed by atoms with E-state index in [-0.39, 0.29) is 0 Å². The van der Waals surface area contributed by atoms with Gasteiger partial charge in [0, 0.05) is 11.5 Å². The third-order valence-corrected chi connectivity index (χ3v) is 7.61. The number of aromatic hydroxyl groups is 1. The Hall–Kier alpha value is -1.02. The summed E-state index contributed by atoms with van der Waals surface area (Å²) in [6.45, 7) is 3.55. The molecule has 0 spiro atoms. The van der Waals surface area contributed by atoms with Gasteiger partial charge < -0.3 is 10.4 Å². The lowest BCUT2D eigenvalue weighted by Gasteiger charge is -2.56. The third kappa shape index (κ3) is 2.03. The lowest BCUT2D eigenvalue weighted by Crippen LogP contribution is -2.59. The molecule has 23 heavy (non-hydrogen) atoms. The molecule has 0 aromatic heterocycles. The highest BCUT2D eigenvalue weighted by atomic mass is 16.3. The molecule has 1 saturated heterocycles. The number of hydrogen-bond donors (Lipinski definition) is 2. The van der Waals surface area contributed by atoms with E-state index in [9.17, 15) is 5.11 Å². The van der Waals surface area contributed by atoms with Crippen molar-refractivity contribution in [3.8, 4) is 5.75 Å². The minimum atomic E-state index is 0.360. The molecule has 1 aliphatic heterocycles. The quantitative estimate of drug-likeness (QED) is 0.855. The zero-order valence-corrected chi connectivity index (χ0v) is 14.3. The Morgan fingerprint density at radius 3 is 2.87 bits per heavy atom. The molecule has 2 N–H and O–H groups in total. The number of phenolic OH excluding ortho intramolecular Hbond substituents is 1. The highest BCUT2D eigenvalue weighted by Crippen LogP contribution is 2.56. The Labute approximate surface area is 139 Å². The molecule has 0 radical (unpaired) electrons. The van der Waals surface area contributed by atoms with Crippen LogP contribution in [-0.2, 0) is 11.8 Å². The second-order valence-corrected chi connectivity index (χ2v) is 8.71. The van der Waals surface area contributed by atoms with Gasteiger partial charge in [0.2, 0.25) is 0 Å². The van der Waals surface area contributed by atoms with Crippen LogP contribution in [0.5, 0.6) is 5.75 Å². The van der Waals surface area contributed by atoms with Crippen LogP contribution in [0.25, 0.3) is 0 Å². The van der Waals surface area contributed by atoms with Crippen molar-refractivity contribution in [2.75, 3.05) is 6.54 Å². The zero-order chi connectivity index (χ0) is 15.6. The lowest BCUT2D eigenvalue weighted by molar-refractivity contribution is 0.0791. The van der Waals surface area contributed by atoms with Crippen molar-refractivity contribution < 1.29 is 5.11 Å². The van der Waals surface area contributed by atoms with Gasteiger partial charge in [-0.2, -0.15) is 0 Å². The van der Waals surface area contributed by atoms with Gasteiger partial charge in [-0.15, -0.1) is 0 Å². The van der Waals surface area contributed by atoms with Crippen LogP contribution in [0.15, 0.2) is 12.1 Å². The smallest absolute Gasteiger partial charge is 0.116 e. The fourth-order valence-electron chi connectivity index (χ4n) is 6.30. The number of fused-ring (bicyclic) bond motifs is 1. The van der Waals surface area contributed by atoms with Gasteiger partial charge in [-0.05, 0) is 91.6 Å². The van der Waals surface area contributed by atoms with E-state index in [1.54, 1.807) is 11.1 Å². The molecule has 124 valence electrons. The lowest BCUT2D eigenvalue weighted by atomic mass is 9.52. The first-order valence-electron chi connectivity index (χ1n) is 9.79. The maximum atomic E-state index is 10.5. The average Bonchev–Trinajstić information content (AvgIpc) is 3.39. The van der Waals surface area contributed by atoms with Gasteiger partial charge >= 0.3 is 0 Å². The minimum Gasteiger partial charge on any atom is -0.508 e. The number of piperidine rings is 1. The highest BCUT2D eigenvalue weighted by Gasteiger charge is 2.52. The average molecular weight is 311 g/mol. The fourth-order valence-corrected chi connectivity index (χ4v) is 6.30. The van der Waals surface area contributed by atoms with E-state index in [1.807, 2.05) is 0 Å². The molecule has 0 amide bonds. The minimum absolute atomic E-state index is 0.360. The first-order chi connectivity index (χ1) is 11.2. The van der Waals surface area contributed by atoms with Gasteiger partial charge in [0.25, 0.3) is 0 Å². The van der Waals surface area contributed by atoms with Gasteiger partial charge in [0.05, 0.1) is 0 Å². The van der Waals surface area contributed by atoms with Gasteiger partial charge in [0.15, 0.2) is 0 Å². The Morgan fingerprint density at radius 1 is 1.17 bits per heavy atom. The summed E-state index contributed by atoms with van der Waals surface area (Å²) >= 11 is 0. The van der Waals surface area contributed by atoms with E-state index >= 15 is 0 Å². The monoisotopic (exact) mass is 311 g/mol. The van der Waals surface area contributed by atoms with Gasteiger partial charge in [-0.3, -0.25) is 0 Å². The maximum absolute atomic E-state index is 10.5. The normalized spacial score (nSPS) is 36.9. The fraction of sp³-hybridized carbons (Fsp3) is 0.714. The van der Waals surface area contributed by atoms with Crippen molar-refractivity contribution in [3.05, 3.63) is 28.8 Å². The van der Waals surface area contributed by atoms with Crippen molar-refractivity contribution in [3.63, 3.8) is 0 Å². The Balaban J connectivity index is 1.69. The summed E-state index contributed by atoms with van der Waals surface area (Å²) < 4.78 is 0. The number of phenols is 1.